The molecule has 0 unspecified atom stereocenters. The van der Waals surface area contributed by atoms with Crippen LogP contribution in [-0.4, -0.2) is 77.1 Å². The van der Waals surface area contributed by atoms with Gasteiger partial charge in [0.05, 0.1) is 28.7 Å². The molecule has 1 aromatic carbocycles. The van der Waals surface area contributed by atoms with E-state index in [1.165, 1.54) is 22.5 Å². The molecule has 0 saturated carbocycles. The molecule has 0 aromatic heterocycles. The summed E-state index contributed by atoms with van der Waals surface area (Å²) < 4.78 is 37.0. The highest BCUT2D eigenvalue weighted by atomic mass is 35.5. The van der Waals surface area contributed by atoms with Gasteiger partial charge < -0.3 is 14.4 Å². The quantitative estimate of drug-likeness (QED) is 0.628. The minimum absolute atomic E-state index is 0.0885. The van der Waals surface area contributed by atoms with Crippen molar-refractivity contribution in [1.82, 2.24) is 9.21 Å². The van der Waals surface area contributed by atoms with Gasteiger partial charge in [-0.15, -0.1) is 0 Å². The summed E-state index contributed by atoms with van der Waals surface area (Å²) >= 11 is 6.19. The normalized spacial score (nSPS) is 15.3. The zero-order valence-electron chi connectivity index (χ0n) is 15.1. The molecule has 26 heavy (non-hydrogen) atoms. The number of hydrogen-bond donors (Lipinski definition) is 0. The van der Waals surface area contributed by atoms with Crippen LogP contribution in [0.1, 0.15) is 23.2 Å². The molecule has 1 fully saturated rings. The molecule has 146 valence electrons. The van der Waals surface area contributed by atoms with Crippen molar-refractivity contribution in [2.24, 2.45) is 0 Å². The number of amides is 1. The molecule has 1 aliphatic heterocycles. The monoisotopic (exact) mass is 404 g/mol. The van der Waals surface area contributed by atoms with Crippen LogP contribution >= 0.6 is 11.6 Å². The number of carbonyl (C=O) groups excluding carboxylic acids is 1. The maximum absolute atomic E-state index is 12.9. The molecule has 1 aromatic rings. The van der Waals surface area contributed by atoms with Crippen LogP contribution in [0.15, 0.2) is 23.1 Å². The van der Waals surface area contributed by atoms with E-state index in [1.807, 2.05) is 0 Å². The number of rotatable bonds is 9. The second-order valence-corrected chi connectivity index (χ2v) is 8.38. The highest BCUT2D eigenvalue weighted by molar-refractivity contribution is 7.89. The van der Waals surface area contributed by atoms with Crippen LogP contribution in [0.25, 0.3) is 0 Å². The van der Waals surface area contributed by atoms with Crippen molar-refractivity contribution in [1.29, 1.82) is 0 Å². The van der Waals surface area contributed by atoms with Gasteiger partial charge in [-0.1, -0.05) is 11.6 Å². The first-order valence-electron chi connectivity index (χ1n) is 8.48. The summed E-state index contributed by atoms with van der Waals surface area (Å²) in [5, 5.41) is 0.218. The molecular formula is C17H25ClN2O5S. The van der Waals surface area contributed by atoms with Crippen LogP contribution in [0.2, 0.25) is 5.02 Å². The molecule has 0 atom stereocenters. The van der Waals surface area contributed by atoms with E-state index >= 15 is 0 Å². The molecular weight excluding hydrogens is 380 g/mol. The lowest BCUT2D eigenvalue weighted by Crippen LogP contribution is -2.37. The van der Waals surface area contributed by atoms with Gasteiger partial charge in [0, 0.05) is 40.4 Å². The highest BCUT2D eigenvalue weighted by Crippen LogP contribution is 2.26. The number of sulfonamides is 1. The molecule has 0 spiro atoms. The first-order valence-corrected chi connectivity index (χ1v) is 10.3. The Labute approximate surface area is 159 Å². The third-order valence-corrected chi connectivity index (χ3v) is 6.51. The maximum Gasteiger partial charge on any atom is 0.255 e. The van der Waals surface area contributed by atoms with Gasteiger partial charge in [-0.05, 0) is 31.0 Å². The topological polar surface area (TPSA) is 76.1 Å². The number of hydrogen-bond acceptors (Lipinski definition) is 5. The van der Waals surface area contributed by atoms with Crippen molar-refractivity contribution in [3.63, 3.8) is 0 Å². The Morgan fingerprint density at radius 2 is 1.73 bits per heavy atom. The van der Waals surface area contributed by atoms with Crippen molar-refractivity contribution < 1.29 is 22.7 Å². The van der Waals surface area contributed by atoms with Crippen LogP contribution in [-0.2, 0) is 19.5 Å². The van der Waals surface area contributed by atoms with E-state index in [0.717, 1.165) is 12.8 Å². The van der Waals surface area contributed by atoms with Crippen molar-refractivity contribution in [2.75, 3.05) is 53.6 Å². The van der Waals surface area contributed by atoms with Gasteiger partial charge in [-0.3, -0.25) is 4.79 Å². The average Bonchev–Trinajstić information content (AvgIpc) is 3.17. The highest BCUT2D eigenvalue weighted by Gasteiger charge is 2.29. The second kappa shape index (κ2) is 9.66. The van der Waals surface area contributed by atoms with Gasteiger partial charge >= 0.3 is 0 Å². The van der Waals surface area contributed by atoms with Crippen molar-refractivity contribution in [2.45, 2.75) is 17.7 Å². The molecule has 0 aliphatic carbocycles. The number of carbonyl (C=O) groups is 1. The van der Waals surface area contributed by atoms with Gasteiger partial charge in [0.2, 0.25) is 10.0 Å². The smallest absolute Gasteiger partial charge is 0.255 e. The molecule has 0 N–H and O–H groups in total. The molecule has 1 heterocycles. The van der Waals surface area contributed by atoms with E-state index in [4.69, 9.17) is 21.1 Å². The van der Waals surface area contributed by atoms with Crippen LogP contribution < -0.4 is 0 Å². The molecule has 9 heteroatoms. The molecule has 1 saturated heterocycles. The number of benzene rings is 1. The fourth-order valence-electron chi connectivity index (χ4n) is 2.79. The summed E-state index contributed by atoms with van der Waals surface area (Å²) in [4.78, 5) is 14.5. The van der Waals surface area contributed by atoms with Crippen LogP contribution in [0.3, 0.4) is 0 Å². The van der Waals surface area contributed by atoms with E-state index < -0.39 is 10.0 Å². The van der Waals surface area contributed by atoms with Gasteiger partial charge in [0.25, 0.3) is 5.91 Å². The predicted octanol–water partition coefficient (Wildman–Crippen LogP) is 1.86. The first-order chi connectivity index (χ1) is 12.4. The number of halogens is 1. The van der Waals surface area contributed by atoms with Crippen molar-refractivity contribution in [3.05, 3.63) is 28.8 Å². The first kappa shape index (κ1) is 21.1. The SMILES string of the molecule is COCCN(CCOC)C(=O)c1cc(S(=O)(=O)N2CCCC2)ccc1Cl. The minimum Gasteiger partial charge on any atom is -0.383 e. The Bertz CT molecular complexity index is 712. The Morgan fingerprint density at radius 3 is 2.27 bits per heavy atom. The summed E-state index contributed by atoms with van der Waals surface area (Å²) in [6.07, 6.45) is 1.70. The van der Waals surface area contributed by atoms with E-state index in [9.17, 15) is 13.2 Å². The van der Waals surface area contributed by atoms with E-state index in [1.54, 1.807) is 19.1 Å². The zero-order valence-corrected chi connectivity index (χ0v) is 16.7. The molecule has 0 radical (unpaired) electrons. The van der Waals surface area contributed by atoms with Gasteiger partial charge in [0.1, 0.15) is 0 Å². The average molecular weight is 405 g/mol. The van der Waals surface area contributed by atoms with E-state index in [-0.39, 0.29) is 21.4 Å². The molecule has 0 bridgehead atoms. The van der Waals surface area contributed by atoms with Gasteiger partial charge in [-0.25, -0.2) is 8.42 Å². The second-order valence-electron chi connectivity index (χ2n) is 6.03. The number of nitrogens with zero attached hydrogens (tertiary/aromatic N) is 2. The Balaban J connectivity index is 2.30. The molecule has 1 amide bonds. The lowest BCUT2D eigenvalue weighted by atomic mass is 10.2. The Hall–Kier alpha value is -1.19. The molecule has 1 aliphatic rings. The summed E-state index contributed by atoms with van der Waals surface area (Å²) in [5.74, 6) is -0.345. The minimum atomic E-state index is -3.62. The van der Waals surface area contributed by atoms with Gasteiger partial charge in [0.15, 0.2) is 0 Å². The fraction of sp³-hybridized carbons (Fsp3) is 0.588. The van der Waals surface area contributed by atoms with Crippen molar-refractivity contribution >= 4 is 27.5 Å². The third-order valence-electron chi connectivity index (χ3n) is 4.29. The number of methoxy groups -OCH3 is 2. The predicted molar refractivity (Wildman–Crippen MR) is 99.1 cm³/mol. The van der Waals surface area contributed by atoms with E-state index in [0.29, 0.717) is 39.4 Å². The third kappa shape index (κ3) is 4.95. The van der Waals surface area contributed by atoms with Crippen LogP contribution in [0.4, 0.5) is 0 Å². The fourth-order valence-corrected chi connectivity index (χ4v) is 4.54. The summed E-state index contributed by atoms with van der Waals surface area (Å²) in [6, 6.07) is 4.27. The Kier molecular flexibility index (Phi) is 7.85. The standard InChI is InChI=1S/C17H25ClN2O5S/c1-24-11-9-19(10-12-25-2)17(21)15-13-14(5-6-16(15)18)26(22,23)20-7-3-4-8-20/h5-6,13H,3-4,7-12H2,1-2H3. The number of ether oxygens (including phenoxy) is 2. The zero-order chi connectivity index (χ0) is 19.2. The Morgan fingerprint density at radius 1 is 1.15 bits per heavy atom. The summed E-state index contributed by atoms with van der Waals surface area (Å²) in [6.45, 7) is 2.44. The molecule has 7 nitrogen and oxygen atoms in total. The van der Waals surface area contributed by atoms with Crippen LogP contribution in [0.5, 0.6) is 0 Å². The summed E-state index contributed by atoms with van der Waals surface area (Å²) in [7, 11) is -0.515. The molecule has 2 rings (SSSR count). The summed E-state index contributed by atoms with van der Waals surface area (Å²) in [5.41, 5.74) is 0.166. The van der Waals surface area contributed by atoms with Crippen molar-refractivity contribution in [3.8, 4) is 0 Å². The van der Waals surface area contributed by atoms with Crippen LogP contribution in [0, 0.1) is 0 Å². The largest absolute Gasteiger partial charge is 0.383 e. The lowest BCUT2D eigenvalue weighted by Gasteiger charge is -2.23. The lowest BCUT2D eigenvalue weighted by molar-refractivity contribution is 0.0627. The van der Waals surface area contributed by atoms with E-state index in [2.05, 4.69) is 0 Å². The maximum atomic E-state index is 12.9. The van der Waals surface area contributed by atoms with Gasteiger partial charge in [-0.2, -0.15) is 4.31 Å².